The van der Waals surface area contributed by atoms with Gasteiger partial charge in [0.1, 0.15) is 11.9 Å². The minimum atomic E-state index is -0.968. The number of hydrogen-bond acceptors (Lipinski definition) is 5. The lowest BCUT2D eigenvalue weighted by Gasteiger charge is -2.33. The number of pyridine rings is 1. The number of primary amides is 1. The largest absolute Gasteiger partial charge is 0.438 e. The van der Waals surface area contributed by atoms with Crippen LogP contribution in [0.1, 0.15) is 22.0 Å². The first-order chi connectivity index (χ1) is 15.9. The monoisotopic (exact) mass is 454 g/mol. The van der Waals surface area contributed by atoms with Crippen molar-refractivity contribution in [1.29, 1.82) is 0 Å². The van der Waals surface area contributed by atoms with Gasteiger partial charge in [-0.2, -0.15) is 0 Å². The first-order valence-electron chi connectivity index (χ1n) is 10.1. The second-order valence-electron chi connectivity index (χ2n) is 7.26. The fourth-order valence-electron chi connectivity index (χ4n) is 3.34. The van der Waals surface area contributed by atoms with Gasteiger partial charge in [0.15, 0.2) is 11.6 Å². The SMILES string of the molecule is NC(=O)c1ccccc1Oc1ccc(NC(=O)N2CCOC(c3ccc(F)c(F)c3)C2)cn1. The van der Waals surface area contributed by atoms with Crippen LogP contribution in [-0.2, 0) is 4.74 Å². The van der Waals surface area contributed by atoms with Gasteiger partial charge in [0.05, 0.1) is 30.6 Å². The van der Waals surface area contributed by atoms with Gasteiger partial charge in [0.25, 0.3) is 5.91 Å². The highest BCUT2D eigenvalue weighted by Gasteiger charge is 2.26. The van der Waals surface area contributed by atoms with Crippen molar-refractivity contribution in [3.8, 4) is 11.6 Å². The molecule has 1 unspecified atom stereocenters. The zero-order valence-corrected chi connectivity index (χ0v) is 17.3. The molecule has 0 bridgehead atoms. The standard InChI is InChI=1S/C23H20F2N4O4/c24-17-7-5-14(11-18(17)25)20-13-29(9-10-32-20)23(31)28-15-6-8-21(27-12-15)33-19-4-2-1-3-16(19)22(26)30/h1-8,11-12,20H,9-10,13H2,(H2,26,30)(H,28,31). The van der Waals surface area contributed by atoms with Crippen LogP contribution in [0.5, 0.6) is 11.6 Å². The second-order valence-corrected chi connectivity index (χ2v) is 7.26. The lowest BCUT2D eigenvalue weighted by atomic mass is 10.1. The summed E-state index contributed by atoms with van der Waals surface area (Å²) in [6.07, 6.45) is 0.840. The number of urea groups is 1. The molecule has 170 valence electrons. The van der Waals surface area contributed by atoms with E-state index in [0.717, 1.165) is 12.1 Å². The van der Waals surface area contributed by atoms with E-state index in [2.05, 4.69) is 10.3 Å². The Kier molecular flexibility index (Phi) is 6.45. The van der Waals surface area contributed by atoms with E-state index < -0.39 is 23.6 Å². The molecule has 0 spiro atoms. The molecule has 3 aromatic rings. The Morgan fingerprint density at radius 3 is 2.67 bits per heavy atom. The lowest BCUT2D eigenvalue weighted by Crippen LogP contribution is -2.44. The summed E-state index contributed by atoms with van der Waals surface area (Å²) in [6.45, 7) is 0.765. The number of aromatic nitrogens is 1. The van der Waals surface area contributed by atoms with E-state index in [-0.39, 0.29) is 36.4 Å². The van der Waals surface area contributed by atoms with Gasteiger partial charge < -0.3 is 25.4 Å². The Balaban J connectivity index is 1.38. The number of ether oxygens (including phenoxy) is 2. The van der Waals surface area contributed by atoms with Crippen LogP contribution in [0.15, 0.2) is 60.8 Å². The molecule has 33 heavy (non-hydrogen) atoms. The van der Waals surface area contributed by atoms with Crippen LogP contribution in [0.4, 0.5) is 19.3 Å². The number of rotatable bonds is 5. The van der Waals surface area contributed by atoms with Crippen molar-refractivity contribution in [2.24, 2.45) is 5.73 Å². The number of nitrogens with two attached hydrogens (primary N) is 1. The van der Waals surface area contributed by atoms with E-state index in [9.17, 15) is 18.4 Å². The van der Waals surface area contributed by atoms with Crippen molar-refractivity contribution in [3.63, 3.8) is 0 Å². The lowest BCUT2D eigenvalue weighted by molar-refractivity contribution is -0.0136. The fourth-order valence-corrected chi connectivity index (χ4v) is 3.34. The summed E-state index contributed by atoms with van der Waals surface area (Å²) in [5.74, 6) is -2.05. The molecule has 1 aliphatic rings. The second kappa shape index (κ2) is 9.61. The number of anilines is 1. The highest BCUT2D eigenvalue weighted by Crippen LogP contribution is 2.26. The number of benzene rings is 2. The predicted octanol–water partition coefficient (Wildman–Crippen LogP) is 3.86. The molecule has 4 rings (SSSR count). The minimum Gasteiger partial charge on any atom is -0.438 e. The fraction of sp³-hybridized carbons (Fsp3) is 0.174. The Hall–Kier alpha value is -4.05. The van der Waals surface area contributed by atoms with Gasteiger partial charge in [-0.05, 0) is 35.9 Å². The van der Waals surface area contributed by atoms with Crippen LogP contribution in [0.3, 0.4) is 0 Å². The summed E-state index contributed by atoms with van der Waals surface area (Å²) in [6, 6.07) is 12.8. The van der Waals surface area contributed by atoms with E-state index in [1.165, 1.54) is 23.2 Å². The molecule has 0 saturated carbocycles. The molecule has 0 aliphatic carbocycles. The summed E-state index contributed by atoms with van der Waals surface area (Å²) in [4.78, 5) is 29.8. The van der Waals surface area contributed by atoms with E-state index in [1.807, 2.05) is 0 Å². The molecular formula is C23H20F2N4O4. The molecule has 3 N–H and O–H groups in total. The topological polar surface area (TPSA) is 107 Å². The number of amides is 3. The first kappa shape index (κ1) is 22.2. The molecule has 1 atom stereocenters. The number of nitrogens with zero attached hydrogens (tertiary/aromatic N) is 2. The highest BCUT2D eigenvalue weighted by atomic mass is 19.2. The van der Waals surface area contributed by atoms with Gasteiger partial charge in [-0.3, -0.25) is 4.79 Å². The number of hydrogen-bond donors (Lipinski definition) is 2. The van der Waals surface area contributed by atoms with Crippen molar-refractivity contribution in [2.75, 3.05) is 25.0 Å². The minimum absolute atomic E-state index is 0.176. The predicted molar refractivity (Wildman–Crippen MR) is 115 cm³/mol. The summed E-state index contributed by atoms with van der Waals surface area (Å²) < 4.78 is 38.0. The normalized spacial score (nSPS) is 15.7. The zero-order valence-electron chi connectivity index (χ0n) is 17.3. The maximum Gasteiger partial charge on any atom is 0.322 e. The molecule has 2 aromatic carbocycles. The number of halogens is 2. The molecule has 0 radical (unpaired) electrons. The Labute approximate surface area is 187 Å². The number of morpholine rings is 1. The Bertz CT molecular complexity index is 1170. The number of nitrogens with one attached hydrogen (secondary N) is 1. The zero-order chi connectivity index (χ0) is 23.4. The Morgan fingerprint density at radius 1 is 1.12 bits per heavy atom. The smallest absolute Gasteiger partial charge is 0.322 e. The maximum atomic E-state index is 13.5. The molecule has 2 heterocycles. The van der Waals surface area contributed by atoms with Gasteiger partial charge in [0.2, 0.25) is 5.88 Å². The third kappa shape index (κ3) is 5.24. The van der Waals surface area contributed by atoms with E-state index in [0.29, 0.717) is 17.8 Å². The van der Waals surface area contributed by atoms with Crippen molar-refractivity contribution < 1.29 is 27.8 Å². The van der Waals surface area contributed by atoms with Crippen LogP contribution >= 0.6 is 0 Å². The Morgan fingerprint density at radius 2 is 1.94 bits per heavy atom. The molecular weight excluding hydrogens is 434 g/mol. The molecule has 1 aromatic heterocycles. The van der Waals surface area contributed by atoms with Crippen molar-refractivity contribution in [3.05, 3.63) is 83.6 Å². The van der Waals surface area contributed by atoms with Crippen molar-refractivity contribution >= 4 is 17.6 Å². The molecule has 10 heteroatoms. The maximum absolute atomic E-state index is 13.5. The van der Waals surface area contributed by atoms with Crippen LogP contribution in [0, 0.1) is 11.6 Å². The number of carbonyl (C=O) groups excluding carboxylic acids is 2. The van der Waals surface area contributed by atoms with Crippen LogP contribution in [-0.4, -0.2) is 41.5 Å². The van der Waals surface area contributed by atoms with Crippen molar-refractivity contribution in [2.45, 2.75) is 6.10 Å². The van der Waals surface area contributed by atoms with Crippen LogP contribution in [0.25, 0.3) is 0 Å². The van der Waals surface area contributed by atoms with Gasteiger partial charge in [0, 0.05) is 12.6 Å². The van der Waals surface area contributed by atoms with E-state index in [1.54, 1.807) is 30.3 Å². The third-order valence-electron chi connectivity index (χ3n) is 5.02. The van der Waals surface area contributed by atoms with E-state index in [4.69, 9.17) is 15.2 Å². The van der Waals surface area contributed by atoms with Gasteiger partial charge in [-0.25, -0.2) is 18.6 Å². The van der Waals surface area contributed by atoms with Crippen molar-refractivity contribution in [1.82, 2.24) is 9.88 Å². The summed E-state index contributed by atoms with van der Waals surface area (Å²) in [5.41, 5.74) is 6.44. The average molecular weight is 454 g/mol. The van der Waals surface area contributed by atoms with E-state index >= 15 is 0 Å². The number of carbonyl (C=O) groups is 2. The van der Waals surface area contributed by atoms with Crippen LogP contribution in [0.2, 0.25) is 0 Å². The summed E-state index contributed by atoms with van der Waals surface area (Å²) in [5, 5.41) is 2.73. The van der Waals surface area contributed by atoms with Gasteiger partial charge in [-0.1, -0.05) is 18.2 Å². The molecule has 8 nitrogen and oxygen atoms in total. The third-order valence-corrected chi connectivity index (χ3v) is 5.02. The molecule has 3 amide bonds. The van der Waals surface area contributed by atoms with Gasteiger partial charge >= 0.3 is 6.03 Å². The molecule has 1 saturated heterocycles. The molecule has 1 fully saturated rings. The van der Waals surface area contributed by atoms with Crippen LogP contribution < -0.4 is 15.8 Å². The first-order valence-corrected chi connectivity index (χ1v) is 10.1. The van der Waals surface area contributed by atoms with Gasteiger partial charge in [-0.15, -0.1) is 0 Å². The summed E-state index contributed by atoms with van der Waals surface area (Å²) in [7, 11) is 0. The summed E-state index contributed by atoms with van der Waals surface area (Å²) >= 11 is 0. The molecule has 1 aliphatic heterocycles. The quantitative estimate of drug-likeness (QED) is 0.609. The highest BCUT2D eigenvalue weighted by molar-refractivity contribution is 5.95. The number of para-hydroxylation sites is 1. The average Bonchev–Trinajstić information content (AvgIpc) is 2.82.